The molecule has 1 aromatic carbocycles. The Morgan fingerprint density at radius 2 is 2.05 bits per heavy atom. The first-order valence-electron chi connectivity index (χ1n) is 7.42. The third-order valence-corrected chi connectivity index (χ3v) is 4.04. The summed E-state index contributed by atoms with van der Waals surface area (Å²) in [4.78, 5) is 2.35. The van der Waals surface area contributed by atoms with Crippen molar-refractivity contribution in [1.82, 2.24) is 4.90 Å². The number of benzene rings is 1. The maximum Gasteiger partial charge on any atom is 0.134 e. The molecule has 0 saturated carbocycles. The van der Waals surface area contributed by atoms with E-state index in [1.54, 1.807) is 7.11 Å². The Labute approximate surface area is 128 Å². The van der Waals surface area contributed by atoms with Crippen LogP contribution in [0.25, 0.3) is 0 Å². The van der Waals surface area contributed by atoms with Gasteiger partial charge >= 0.3 is 0 Å². The van der Waals surface area contributed by atoms with Crippen LogP contribution in [0.4, 0.5) is 0 Å². The van der Waals surface area contributed by atoms with Crippen molar-refractivity contribution in [3.05, 3.63) is 29.3 Å². The summed E-state index contributed by atoms with van der Waals surface area (Å²) in [5.74, 6) is 6.81. The van der Waals surface area contributed by atoms with Crippen molar-refractivity contribution in [2.24, 2.45) is 0 Å². The van der Waals surface area contributed by atoms with Crippen LogP contribution in [0.5, 0.6) is 5.75 Å². The third kappa shape index (κ3) is 5.08. The van der Waals surface area contributed by atoms with E-state index in [-0.39, 0.29) is 12.1 Å². The van der Waals surface area contributed by atoms with Crippen LogP contribution in [-0.2, 0) is 6.54 Å². The first kappa shape index (κ1) is 17.6. The summed E-state index contributed by atoms with van der Waals surface area (Å²) < 4.78 is 5.35. The summed E-state index contributed by atoms with van der Waals surface area (Å²) in [6.45, 7) is 7.66. The van der Waals surface area contributed by atoms with Gasteiger partial charge in [0, 0.05) is 18.5 Å². The molecule has 1 aromatic rings. The molecule has 0 unspecified atom stereocenters. The van der Waals surface area contributed by atoms with Crippen molar-refractivity contribution < 1.29 is 9.84 Å². The summed E-state index contributed by atoms with van der Waals surface area (Å²) in [7, 11) is 3.80. The highest BCUT2D eigenvalue weighted by Gasteiger charge is 2.21. The lowest BCUT2D eigenvalue weighted by Crippen LogP contribution is -2.39. The van der Waals surface area contributed by atoms with E-state index in [0.29, 0.717) is 6.42 Å². The van der Waals surface area contributed by atoms with Crippen molar-refractivity contribution in [3.63, 3.8) is 0 Å². The predicted molar refractivity (Wildman–Crippen MR) is 87.4 cm³/mol. The molecule has 1 rings (SSSR count). The minimum absolute atomic E-state index is 0.0857. The molecule has 0 radical (unpaired) electrons. The summed E-state index contributed by atoms with van der Waals surface area (Å²) in [6, 6.07) is 6.12. The fourth-order valence-electron chi connectivity index (χ4n) is 1.92. The zero-order valence-corrected chi connectivity index (χ0v) is 13.9. The number of ether oxygens (including phenoxy) is 1. The number of aliphatic hydroxyl groups excluding tert-OH is 1. The highest BCUT2D eigenvalue weighted by Crippen LogP contribution is 2.23. The van der Waals surface area contributed by atoms with E-state index in [1.165, 1.54) is 5.56 Å². The van der Waals surface area contributed by atoms with Gasteiger partial charge in [-0.1, -0.05) is 24.8 Å². The lowest BCUT2D eigenvalue weighted by atomic mass is 9.99. The average molecular weight is 289 g/mol. The Balaban J connectivity index is 2.95. The summed E-state index contributed by atoms with van der Waals surface area (Å²) in [5, 5.41) is 8.82. The van der Waals surface area contributed by atoms with Crippen LogP contribution in [0, 0.1) is 11.8 Å². The van der Waals surface area contributed by atoms with E-state index in [9.17, 15) is 0 Å². The molecule has 0 spiro atoms. The smallest absolute Gasteiger partial charge is 0.134 e. The molecule has 1 N–H and O–H groups in total. The fraction of sp³-hybridized carbons (Fsp3) is 0.556. The van der Waals surface area contributed by atoms with E-state index in [2.05, 4.69) is 56.7 Å². The maximum absolute atomic E-state index is 8.82. The predicted octanol–water partition coefficient (Wildman–Crippen LogP) is 3.05. The number of hydrogen-bond donors (Lipinski definition) is 1. The van der Waals surface area contributed by atoms with Gasteiger partial charge in [-0.2, -0.15) is 0 Å². The first-order chi connectivity index (χ1) is 9.94. The van der Waals surface area contributed by atoms with Gasteiger partial charge in [0.15, 0.2) is 0 Å². The summed E-state index contributed by atoms with van der Waals surface area (Å²) in [6.07, 6.45) is 1.58. The highest BCUT2D eigenvalue weighted by molar-refractivity contribution is 5.48. The molecule has 0 heterocycles. The minimum Gasteiger partial charge on any atom is -0.495 e. The van der Waals surface area contributed by atoms with E-state index < -0.39 is 0 Å². The number of aliphatic hydroxyl groups is 1. The topological polar surface area (TPSA) is 32.7 Å². The molecule has 0 fully saturated rings. The summed E-state index contributed by atoms with van der Waals surface area (Å²) >= 11 is 0. The fourth-order valence-corrected chi connectivity index (χ4v) is 1.92. The number of nitrogens with zero attached hydrogens (tertiary/aromatic N) is 1. The molecule has 0 bridgehead atoms. The van der Waals surface area contributed by atoms with Crippen molar-refractivity contribution in [2.75, 3.05) is 20.8 Å². The van der Waals surface area contributed by atoms with Crippen LogP contribution < -0.4 is 4.74 Å². The molecule has 0 atom stereocenters. The molecule has 0 amide bonds. The van der Waals surface area contributed by atoms with Crippen molar-refractivity contribution in [2.45, 2.75) is 45.7 Å². The van der Waals surface area contributed by atoms with Gasteiger partial charge in [-0.25, -0.2) is 0 Å². The molecule has 0 aliphatic rings. The lowest BCUT2D eigenvalue weighted by Gasteiger charge is -2.35. The van der Waals surface area contributed by atoms with Crippen LogP contribution in [0.2, 0.25) is 0 Å². The van der Waals surface area contributed by atoms with E-state index in [4.69, 9.17) is 9.84 Å². The highest BCUT2D eigenvalue weighted by atomic mass is 16.5. The quantitative estimate of drug-likeness (QED) is 0.817. The monoisotopic (exact) mass is 289 g/mol. The van der Waals surface area contributed by atoms with Gasteiger partial charge < -0.3 is 9.84 Å². The molecule has 0 aliphatic heterocycles. The molecule has 0 aromatic heterocycles. The van der Waals surface area contributed by atoms with Crippen LogP contribution in [0.1, 0.15) is 44.7 Å². The van der Waals surface area contributed by atoms with Crippen molar-refractivity contribution in [3.8, 4) is 17.6 Å². The third-order valence-electron chi connectivity index (χ3n) is 4.04. The second-order valence-corrected chi connectivity index (χ2v) is 5.83. The molecule has 116 valence electrons. The molecule has 21 heavy (non-hydrogen) atoms. The minimum atomic E-state index is 0.0857. The molecule has 0 saturated heterocycles. The van der Waals surface area contributed by atoms with Gasteiger partial charge in [0.05, 0.1) is 19.3 Å². The summed E-state index contributed by atoms with van der Waals surface area (Å²) in [5.41, 5.74) is 2.27. The van der Waals surface area contributed by atoms with Crippen LogP contribution >= 0.6 is 0 Å². The Kier molecular flexibility index (Phi) is 6.74. The Hall–Kier alpha value is -1.50. The molecule has 3 nitrogen and oxygen atoms in total. The normalized spacial score (nSPS) is 11.2. The standard InChI is InChI=1S/C18H27NO2/c1-6-18(2,3)19(4)14-15-10-11-17(21-5)16(13-15)9-7-8-12-20/h10-11,13,20H,6,8,12,14H2,1-5H3. The van der Waals surface area contributed by atoms with Crippen molar-refractivity contribution >= 4 is 0 Å². The van der Waals surface area contributed by atoms with Gasteiger partial charge in [0.2, 0.25) is 0 Å². The Bertz CT molecular complexity index is 512. The second-order valence-electron chi connectivity index (χ2n) is 5.83. The Morgan fingerprint density at radius 1 is 1.33 bits per heavy atom. The SMILES string of the molecule is CCC(C)(C)N(C)Cc1ccc(OC)c(C#CCCO)c1. The van der Waals surface area contributed by atoms with E-state index in [0.717, 1.165) is 24.3 Å². The van der Waals surface area contributed by atoms with E-state index in [1.807, 2.05) is 6.07 Å². The maximum atomic E-state index is 8.82. The van der Waals surface area contributed by atoms with Gasteiger partial charge in [-0.05, 0) is 45.0 Å². The Morgan fingerprint density at radius 3 is 2.62 bits per heavy atom. The zero-order valence-electron chi connectivity index (χ0n) is 13.9. The first-order valence-corrected chi connectivity index (χ1v) is 7.42. The largest absolute Gasteiger partial charge is 0.495 e. The van der Waals surface area contributed by atoms with Crippen LogP contribution in [0.15, 0.2) is 18.2 Å². The van der Waals surface area contributed by atoms with Crippen LogP contribution in [0.3, 0.4) is 0 Å². The van der Waals surface area contributed by atoms with E-state index >= 15 is 0 Å². The average Bonchev–Trinajstić information content (AvgIpc) is 2.47. The van der Waals surface area contributed by atoms with Gasteiger partial charge in [-0.3, -0.25) is 4.90 Å². The molecule has 0 aliphatic carbocycles. The van der Waals surface area contributed by atoms with Gasteiger partial charge in [-0.15, -0.1) is 0 Å². The molecule has 3 heteroatoms. The second kappa shape index (κ2) is 8.07. The number of methoxy groups -OCH3 is 1. The number of hydrogen-bond acceptors (Lipinski definition) is 3. The zero-order chi connectivity index (χ0) is 15.9. The van der Waals surface area contributed by atoms with Crippen molar-refractivity contribution in [1.29, 1.82) is 0 Å². The lowest BCUT2D eigenvalue weighted by molar-refractivity contribution is 0.143. The van der Waals surface area contributed by atoms with Gasteiger partial charge in [0.1, 0.15) is 5.75 Å². The van der Waals surface area contributed by atoms with Gasteiger partial charge in [0.25, 0.3) is 0 Å². The van der Waals surface area contributed by atoms with Crippen LogP contribution in [-0.4, -0.2) is 36.3 Å². The molecular formula is C18H27NO2. The molecular weight excluding hydrogens is 262 g/mol. The number of rotatable bonds is 6.